The average molecular weight is 261 g/mol. The molecule has 0 aliphatic heterocycles. The van der Waals surface area contributed by atoms with E-state index in [1.54, 1.807) is 0 Å². The van der Waals surface area contributed by atoms with E-state index in [0.717, 1.165) is 22.4 Å². The number of thioether (sulfide) groups is 1. The molecule has 0 aliphatic carbocycles. The molecule has 0 spiro atoms. The van der Waals surface area contributed by atoms with Crippen LogP contribution in [0.4, 0.5) is 0 Å². The molecule has 1 aromatic heterocycles. The lowest BCUT2D eigenvalue weighted by Crippen LogP contribution is -2.30. The minimum atomic E-state index is 0.153. The summed E-state index contributed by atoms with van der Waals surface area (Å²) in [4.78, 5) is 4.47. The molecule has 0 saturated heterocycles. The third-order valence-electron chi connectivity index (χ3n) is 2.87. The Bertz CT molecular complexity index is 496. The molecule has 1 atom stereocenters. The minimum absolute atomic E-state index is 0.153. The Morgan fingerprint density at radius 2 is 2.17 bits per heavy atom. The Balaban J connectivity index is 2.27. The van der Waals surface area contributed by atoms with Crippen LogP contribution in [0.25, 0.3) is 10.9 Å². The summed E-state index contributed by atoms with van der Waals surface area (Å²) in [5.41, 5.74) is 5.13. The number of hydrazine groups is 1. The Morgan fingerprint density at radius 1 is 1.33 bits per heavy atom. The molecule has 1 aromatic carbocycles. The van der Waals surface area contributed by atoms with Crippen LogP contribution in [0.2, 0.25) is 0 Å². The lowest BCUT2D eigenvalue weighted by atomic mass is 10.0. The first-order valence-electron chi connectivity index (χ1n) is 6.24. The fraction of sp³-hybridized carbons (Fsp3) is 0.357. The van der Waals surface area contributed by atoms with Crippen LogP contribution in [-0.2, 0) is 0 Å². The molecule has 0 amide bonds. The molecule has 1 heterocycles. The number of fused-ring (bicyclic) bond motifs is 1. The highest BCUT2D eigenvalue weighted by Crippen LogP contribution is 2.24. The van der Waals surface area contributed by atoms with E-state index < -0.39 is 0 Å². The standard InChI is InChI=1S/C14H19N3S/c1-2-9-18-10-13(17-15)12-7-3-5-11-6-4-8-16-14(11)12/h3-8,13,17H,2,9-10,15H2,1H3. The predicted molar refractivity (Wildman–Crippen MR) is 79.4 cm³/mol. The van der Waals surface area contributed by atoms with Gasteiger partial charge in [-0.15, -0.1) is 0 Å². The summed E-state index contributed by atoms with van der Waals surface area (Å²) >= 11 is 1.92. The van der Waals surface area contributed by atoms with Gasteiger partial charge in [0, 0.05) is 17.3 Å². The summed E-state index contributed by atoms with van der Waals surface area (Å²) < 4.78 is 0. The van der Waals surface area contributed by atoms with Crippen LogP contribution in [0, 0.1) is 0 Å². The van der Waals surface area contributed by atoms with Gasteiger partial charge < -0.3 is 0 Å². The lowest BCUT2D eigenvalue weighted by Gasteiger charge is -2.17. The number of nitrogens with one attached hydrogen (secondary N) is 1. The number of hydrogen-bond acceptors (Lipinski definition) is 4. The van der Waals surface area contributed by atoms with Gasteiger partial charge in [0.1, 0.15) is 0 Å². The third-order valence-corrected chi connectivity index (χ3v) is 4.14. The second-order valence-corrected chi connectivity index (χ2v) is 5.37. The normalized spacial score (nSPS) is 12.8. The summed E-state index contributed by atoms with van der Waals surface area (Å²) in [6.45, 7) is 2.19. The van der Waals surface area contributed by atoms with Crippen molar-refractivity contribution in [3.63, 3.8) is 0 Å². The first kappa shape index (κ1) is 13.3. The molecule has 3 nitrogen and oxygen atoms in total. The van der Waals surface area contributed by atoms with Gasteiger partial charge in [0.25, 0.3) is 0 Å². The molecule has 0 radical (unpaired) electrons. The Morgan fingerprint density at radius 3 is 2.94 bits per heavy atom. The number of pyridine rings is 1. The van der Waals surface area contributed by atoms with Crippen LogP contribution in [0.3, 0.4) is 0 Å². The van der Waals surface area contributed by atoms with Crippen LogP contribution in [-0.4, -0.2) is 16.5 Å². The molecule has 0 saturated carbocycles. The van der Waals surface area contributed by atoms with Crippen molar-refractivity contribution in [3.05, 3.63) is 42.1 Å². The molecule has 18 heavy (non-hydrogen) atoms. The van der Waals surface area contributed by atoms with Crippen LogP contribution < -0.4 is 11.3 Å². The Hall–Kier alpha value is -1.10. The van der Waals surface area contributed by atoms with Crippen molar-refractivity contribution in [2.24, 2.45) is 5.84 Å². The molecule has 96 valence electrons. The zero-order chi connectivity index (χ0) is 12.8. The Kier molecular flexibility index (Phi) is 4.99. The van der Waals surface area contributed by atoms with Crippen LogP contribution in [0.15, 0.2) is 36.5 Å². The van der Waals surface area contributed by atoms with Crippen molar-refractivity contribution in [1.29, 1.82) is 0 Å². The molecule has 3 N–H and O–H groups in total. The monoisotopic (exact) mass is 261 g/mol. The van der Waals surface area contributed by atoms with Crippen molar-refractivity contribution in [2.45, 2.75) is 19.4 Å². The molecule has 2 aromatic rings. The smallest absolute Gasteiger partial charge is 0.0750 e. The number of aromatic nitrogens is 1. The van der Waals surface area contributed by atoms with Gasteiger partial charge in [-0.1, -0.05) is 31.2 Å². The summed E-state index contributed by atoms with van der Waals surface area (Å²) in [6.07, 6.45) is 3.02. The molecule has 0 aliphatic rings. The lowest BCUT2D eigenvalue weighted by molar-refractivity contribution is 0.613. The molecule has 2 rings (SSSR count). The highest BCUT2D eigenvalue weighted by atomic mass is 32.2. The number of nitrogens with zero attached hydrogens (tertiary/aromatic N) is 1. The molecule has 0 bridgehead atoms. The van der Waals surface area contributed by atoms with Gasteiger partial charge in [-0.05, 0) is 23.8 Å². The number of benzene rings is 1. The number of rotatable bonds is 6. The summed E-state index contributed by atoms with van der Waals surface area (Å²) in [6, 6.07) is 10.4. The average Bonchev–Trinajstić information content (AvgIpc) is 2.43. The number of nitrogens with two attached hydrogens (primary N) is 1. The van der Waals surface area contributed by atoms with Crippen LogP contribution in [0.5, 0.6) is 0 Å². The maximum atomic E-state index is 5.69. The van der Waals surface area contributed by atoms with Gasteiger partial charge in [-0.2, -0.15) is 11.8 Å². The van der Waals surface area contributed by atoms with E-state index in [1.807, 2.05) is 24.0 Å². The van der Waals surface area contributed by atoms with E-state index in [9.17, 15) is 0 Å². The SMILES string of the molecule is CCCSCC(NN)c1cccc2cccnc12. The van der Waals surface area contributed by atoms with Crippen molar-refractivity contribution in [3.8, 4) is 0 Å². The largest absolute Gasteiger partial charge is 0.271 e. The molecule has 4 heteroatoms. The second-order valence-electron chi connectivity index (χ2n) is 4.22. The van der Waals surface area contributed by atoms with Crippen molar-refractivity contribution in [2.75, 3.05) is 11.5 Å². The van der Waals surface area contributed by atoms with E-state index in [2.05, 4.69) is 41.6 Å². The Labute approximate surface area is 112 Å². The fourth-order valence-electron chi connectivity index (χ4n) is 1.98. The third kappa shape index (κ3) is 3.02. The topological polar surface area (TPSA) is 50.9 Å². The van der Waals surface area contributed by atoms with Gasteiger partial charge in [0.2, 0.25) is 0 Å². The predicted octanol–water partition coefficient (Wildman–Crippen LogP) is 2.88. The number of hydrogen-bond donors (Lipinski definition) is 2. The van der Waals surface area contributed by atoms with Gasteiger partial charge >= 0.3 is 0 Å². The van der Waals surface area contributed by atoms with Crippen LogP contribution in [0.1, 0.15) is 24.9 Å². The van der Waals surface area contributed by atoms with E-state index in [0.29, 0.717) is 0 Å². The maximum Gasteiger partial charge on any atom is 0.0750 e. The van der Waals surface area contributed by atoms with Crippen LogP contribution >= 0.6 is 11.8 Å². The summed E-state index contributed by atoms with van der Waals surface area (Å²) in [7, 11) is 0. The molecule has 0 fully saturated rings. The maximum absolute atomic E-state index is 5.69. The fourth-order valence-corrected chi connectivity index (χ4v) is 2.95. The number of para-hydroxylation sites is 1. The molecular formula is C14H19N3S. The van der Waals surface area contributed by atoms with Gasteiger partial charge in [0.15, 0.2) is 0 Å². The quantitative estimate of drug-likeness (QED) is 0.477. The van der Waals surface area contributed by atoms with E-state index in [-0.39, 0.29) is 6.04 Å². The first-order valence-corrected chi connectivity index (χ1v) is 7.39. The summed E-state index contributed by atoms with van der Waals surface area (Å²) in [5.74, 6) is 7.82. The van der Waals surface area contributed by atoms with Crippen molar-refractivity contribution < 1.29 is 0 Å². The summed E-state index contributed by atoms with van der Waals surface area (Å²) in [5, 5.41) is 1.16. The van der Waals surface area contributed by atoms with E-state index >= 15 is 0 Å². The zero-order valence-electron chi connectivity index (χ0n) is 10.6. The van der Waals surface area contributed by atoms with Crippen molar-refractivity contribution in [1.82, 2.24) is 10.4 Å². The zero-order valence-corrected chi connectivity index (χ0v) is 11.4. The van der Waals surface area contributed by atoms with Gasteiger partial charge in [0.05, 0.1) is 11.6 Å². The second kappa shape index (κ2) is 6.73. The highest BCUT2D eigenvalue weighted by molar-refractivity contribution is 7.99. The van der Waals surface area contributed by atoms with Gasteiger partial charge in [-0.3, -0.25) is 16.3 Å². The minimum Gasteiger partial charge on any atom is -0.271 e. The molecule has 1 unspecified atom stereocenters. The van der Waals surface area contributed by atoms with E-state index in [1.165, 1.54) is 12.0 Å². The highest BCUT2D eigenvalue weighted by Gasteiger charge is 2.13. The van der Waals surface area contributed by atoms with E-state index in [4.69, 9.17) is 5.84 Å². The first-order chi connectivity index (χ1) is 8.86. The van der Waals surface area contributed by atoms with Gasteiger partial charge in [-0.25, -0.2) is 0 Å². The molecular weight excluding hydrogens is 242 g/mol. The van der Waals surface area contributed by atoms with Crippen molar-refractivity contribution >= 4 is 22.7 Å².